The van der Waals surface area contributed by atoms with Gasteiger partial charge in [-0.3, -0.25) is 0 Å². The molecule has 0 spiro atoms. The van der Waals surface area contributed by atoms with Crippen LogP contribution < -0.4 is 10.1 Å². The first kappa shape index (κ1) is 11.7. The van der Waals surface area contributed by atoms with Gasteiger partial charge in [0.2, 0.25) is 11.2 Å². The highest BCUT2D eigenvalue weighted by Gasteiger charge is 2.65. The topological polar surface area (TPSA) is 59.9 Å². The van der Waals surface area contributed by atoms with Crippen LogP contribution in [0.1, 0.15) is 26.2 Å². The number of fused-ring (bicyclic) bond motifs is 5. The summed E-state index contributed by atoms with van der Waals surface area (Å²) in [5, 5.41) is 3.62. The van der Waals surface area contributed by atoms with Gasteiger partial charge in [0, 0.05) is 6.04 Å². The number of ether oxygens (including phenoxy) is 1. The maximum atomic E-state index is 5.90. The molecule has 3 aliphatic rings. The largest absolute Gasteiger partial charge is 0.464 e. The molecular formula is C13H17ClN4O. The quantitative estimate of drug-likeness (QED) is 0.918. The van der Waals surface area contributed by atoms with Crippen LogP contribution in [-0.4, -0.2) is 27.6 Å². The van der Waals surface area contributed by atoms with E-state index in [1.165, 1.54) is 19.3 Å². The van der Waals surface area contributed by atoms with E-state index in [4.69, 9.17) is 16.3 Å². The van der Waals surface area contributed by atoms with Crippen LogP contribution in [0, 0.1) is 23.7 Å². The molecule has 0 amide bonds. The first-order valence-electron chi connectivity index (χ1n) is 7.07. The summed E-state index contributed by atoms with van der Waals surface area (Å²) in [6, 6.07) is 0.845. The van der Waals surface area contributed by atoms with E-state index in [9.17, 15) is 0 Å². The van der Waals surface area contributed by atoms with Gasteiger partial charge in [-0.1, -0.05) is 0 Å². The van der Waals surface area contributed by atoms with Gasteiger partial charge < -0.3 is 10.1 Å². The SMILES string of the molecule is CCOc1nc(Cl)nc(NC2C3C4CCC(C4)C23)n1. The van der Waals surface area contributed by atoms with Crippen LogP contribution in [0.5, 0.6) is 6.01 Å². The molecule has 2 bridgehead atoms. The minimum atomic E-state index is 0.190. The van der Waals surface area contributed by atoms with Crippen molar-refractivity contribution in [3.05, 3.63) is 5.28 Å². The molecular weight excluding hydrogens is 264 g/mol. The van der Waals surface area contributed by atoms with E-state index in [0.29, 0.717) is 24.6 Å². The average molecular weight is 281 g/mol. The Labute approximate surface area is 117 Å². The molecule has 4 rings (SSSR count). The van der Waals surface area contributed by atoms with Crippen LogP contribution in [0.3, 0.4) is 0 Å². The number of hydrogen-bond acceptors (Lipinski definition) is 5. The second kappa shape index (κ2) is 4.20. The molecule has 1 aromatic rings. The van der Waals surface area contributed by atoms with Gasteiger partial charge in [-0.25, -0.2) is 0 Å². The summed E-state index contributed by atoms with van der Waals surface area (Å²) < 4.78 is 5.29. The predicted molar refractivity (Wildman–Crippen MR) is 71.2 cm³/mol. The minimum absolute atomic E-state index is 0.190. The molecule has 3 aliphatic carbocycles. The molecule has 102 valence electrons. The maximum absolute atomic E-state index is 5.90. The first-order chi connectivity index (χ1) is 9.26. The monoisotopic (exact) mass is 280 g/mol. The second-order valence-corrected chi connectivity index (χ2v) is 6.14. The number of anilines is 1. The van der Waals surface area contributed by atoms with Crippen LogP contribution >= 0.6 is 11.6 Å². The van der Waals surface area contributed by atoms with Crippen molar-refractivity contribution < 1.29 is 4.74 Å². The Morgan fingerprint density at radius 2 is 1.95 bits per heavy atom. The van der Waals surface area contributed by atoms with Gasteiger partial charge in [0.05, 0.1) is 6.61 Å². The lowest BCUT2D eigenvalue weighted by molar-refractivity contribution is 0.312. The Balaban J connectivity index is 1.49. The second-order valence-electron chi connectivity index (χ2n) is 5.80. The zero-order valence-corrected chi connectivity index (χ0v) is 11.6. The van der Waals surface area contributed by atoms with Crippen molar-refractivity contribution in [2.24, 2.45) is 23.7 Å². The third-order valence-corrected chi connectivity index (χ3v) is 5.06. The summed E-state index contributed by atoms with van der Waals surface area (Å²) in [6.07, 6.45) is 4.26. The van der Waals surface area contributed by atoms with Crippen molar-refractivity contribution >= 4 is 17.5 Å². The van der Waals surface area contributed by atoms with Gasteiger partial charge in [-0.05, 0) is 61.5 Å². The fourth-order valence-corrected chi connectivity index (χ4v) is 4.41. The lowest BCUT2D eigenvalue weighted by atomic mass is 10.0. The summed E-state index contributed by atoms with van der Waals surface area (Å²) in [7, 11) is 0. The summed E-state index contributed by atoms with van der Waals surface area (Å²) in [5.41, 5.74) is 0. The summed E-state index contributed by atoms with van der Waals surface area (Å²) in [4.78, 5) is 12.4. The molecule has 1 aromatic heterocycles. The van der Waals surface area contributed by atoms with Gasteiger partial charge >= 0.3 is 6.01 Å². The van der Waals surface area contributed by atoms with E-state index < -0.39 is 0 Å². The minimum Gasteiger partial charge on any atom is -0.464 e. The Kier molecular flexibility index (Phi) is 2.59. The lowest BCUT2D eigenvalue weighted by Gasteiger charge is -2.11. The van der Waals surface area contributed by atoms with Crippen molar-refractivity contribution in [3.63, 3.8) is 0 Å². The fraction of sp³-hybridized carbons (Fsp3) is 0.769. The molecule has 0 aliphatic heterocycles. The Morgan fingerprint density at radius 1 is 1.21 bits per heavy atom. The smallest absolute Gasteiger partial charge is 0.322 e. The normalized spacial score (nSPS) is 38.1. The highest BCUT2D eigenvalue weighted by Crippen LogP contribution is 2.66. The molecule has 0 saturated heterocycles. The molecule has 19 heavy (non-hydrogen) atoms. The van der Waals surface area contributed by atoms with Crippen LogP contribution in [-0.2, 0) is 0 Å². The number of nitrogens with zero attached hydrogens (tertiary/aromatic N) is 3. The molecule has 1 N–H and O–H groups in total. The van der Waals surface area contributed by atoms with Crippen LogP contribution in [0.2, 0.25) is 5.28 Å². The number of rotatable bonds is 4. The van der Waals surface area contributed by atoms with E-state index in [0.717, 1.165) is 23.7 Å². The summed E-state index contributed by atoms with van der Waals surface area (Å²) in [6.45, 7) is 2.42. The van der Waals surface area contributed by atoms with Crippen molar-refractivity contribution in [1.29, 1.82) is 0 Å². The van der Waals surface area contributed by atoms with Gasteiger partial charge in [0.15, 0.2) is 0 Å². The number of aromatic nitrogens is 3. The number of nitrogens with one attached hydrogen (secondary N) is 1. The zero-order chi connectivity index (χ0) is 13.0. The van der Waals surface area contributed by atoms with Gasteiger partial charge in [-0.15, -0.1) is 0 Å². The fourth-order valence-electron chi connectivity index (χ4n) is 4.26. The van der Waals surface area contributed by atoms with Crippen LogP contribution in [0.25, 0.3) is 0 Å². The molecule has 3 saturated carbocycles. The van der Waals surface area contributed by atoms with Crippen molar-refractivity contribution in [2.45, 2.75) is 32.2 Å². The third kappa shape index (κ3) is 1.86. The van der Waals surface area contributed by atoms with Crippen molar-refractivity contribution in [1.82, 2.24) is 15.0 Å². The third-order valence-electron chi connectivity index (χ3n) is 4.89. The molecule has 4 atom stereocenters. The predicted octanol–water partition coefficient (Wildman–Crippen LogP) is 2.38. The highest BCUT2D eigenvalue weighted by atomic mass is 35.5. The van der Waals surface area contributed by atoms with Crippen LogP contribution in [0.15, 0.2) is 0 Å². The summed E-state index contributed by atoms with van der Waals surface area (Å²) >= 11 is 5.90. The van der Waals surface area contributed by atoms with E-state index in [1.54, 1.807) is 0 Å². The molecule has 0 radical (unpaired) electrons. The Morgan fingerprint density at radius 3 is 2.63 bits per heavy atom. The van der Waals surface area contributed by atoms with Gasteiger partial charge in [-0.2, -0.15) is 15.0 Å². The average Bonchev–Trinajstić information content (AvgIpc) is 2.78. The van der Waals surface area contributed by atoms with Crippen molar-refractivity contribution in [3.8, 4) is 6.01 Å². The van der Waals surface area contributed by atoms with E-state index in [2.05, 4.69) is 20.3 Å². The zero-order valence-electron chi connectivity index (χ0n) is 10.8. The molecule has 3 fully saturated rings. The molecule has 5 nitrogen and oxygen atoms in total. The highest BCUT2D eigenvalue weighted by molar-refractivity contribution is 6.28. The van der Waals surface area contributed by atoms with Gasteiger partial charge in [0.25, 0.3) is 0 Å². The van der Waals surface area contributed by atoms with Crippen molar-refractivity contribution in [2.75, 3.05) is 11.9 Å². The molecule has 1 heterocycles. The van der Waals surface area contributed by atoms with E-state index in [1.807, 2.05) is 6.92 Å². The lowest BCUT2D eigenvalue weighted by Crippen LogP contribution is -2.15. The number of halogens is 1. The maximum Gasteiger partial charge on any atom is 0.322 e. The Bertz CT molecular complexity index is 495. The standard InChI is InChI=1S/C13H17ClN4O/c1-2-19-13-17-11(14)16-12(18-13)15-10-8-6-3-4-7(5-6)9(8)10/h6-10H,2-5H2,1H3,(H,15,16,17,18). The summed E-state index contributed by atoms with van der Waals surface area (Å²) in [5.74, 6) is 4.09. The number of hydrogen-bond donors (Lipinski definition) is 1. The first-order valence-corrected chi connectivity index (χ1v) is 7.45. The molecule has 0 aromatic carbocycles. The van der Waals surface area contributed by atoms with Gasteiger partial charge in [0.1, 0.15) is 0 Å². The van der Waals surface area contributed by atoms with E-state index >= 15 is 0 Å². The molecule has 4 unspecified atom stereocenters. The van der Waals surface area contributed by atoms with Crippen LogP contribution in [0.4, 0.5) is 5.95 Å². The molecule has 6 heteroatoms. The van der Waals surface area contributed by atoms with E-state index in [-0.39, 0.29) is 5.28 Å². The Hall–Kier alpha value is -1.10.